The van der Waals surface area contributed by atoms with Crippen LogP contribution in [0.25, 0.3) is 0 Å². The third-order valence-electron chi connectivity index (χ3n) is 2.66. The number of hydrogen-bond donors (Lipinski definition) is 1. The number of nitrogens with zero attached hydrogens (tertiary/aromatic N) is 1. The van der Waals surface area contributed by atoms with Crippen molar-refractivity contribution < 1.29 is 26.9 Å². The monoisotopic (exact) mass is 318 g/mol. The van der Waals surface area contributed by atoms with Crippen LogP contribution in [0.2, 0.25) is 0 Å². The second-order valence-electron chi connectivity index (χ2n) is 4.27. The molecule has 2 aromatic carbocycles. The first-order chi connectivity index (χ1) is 10.2. The highest BCUT2D eigenvalue weighted by Crippen LogP contribution is 2.36. The predicted molar refractivity (Wildman–Crippen MR) is 67.7 cm³/mol. The Morgan fingerprint density at radius 3 is 2.09 bits per heavy atom. The van der Waals surface area contributed by atoms with Crippen LogP contribution in [0.4, 0.5) is 39.0 Å². The molecule has 0 atom stereocenters. The highest BCUT2D eigenvalue weighted by atomic mass is 19.4. The summed E-state index contributed by atoms with van der Waals surface area (Å²) in [5, 5.41) is 13.1. The molecular formula is C13H7F5N2O2. The molecule has 0 bridgehead atoms. The second kappa shape index (κ2) is 5.58. The van der Waals surface area contributed by atoms with E-state index >= 15 is 0 Å². The number of nitrogens with one attached hydrogen (secondary N) is 1. The highest BCUT2D eigenvalue weighted by molar-refractivity contribution is 5.70. The maximum Gasteiger partial charge on any atom is 0.416 e. The molecular weight excluding hydrogens is 311 g/mol. The van der Waals surface area contributed by atoms with E-state index in [2.05, 4.69) is 5.32 Å². The Bertz CT molecular complexity index is 711. The van der Waals surface area contributed by atoms with Crippen molar-refractivity contribution in [2.75, 3.05) is 5.32 Å². The van der Waals surface area contributed by atoms with Crippen LogP contribution >= 0.6 is 0 Å². The summed E-state index contributed by atoms with van der Waals surface area (Å²) in [6.07, 6.45) is -4.71. The van der Waals surface area contributed by atoms with Gasteiger partial charge in [-0.15, -0.1) is 0 Å². The lowest BCUT2D eigenvalue weighted by Gasteiger charge is -2.11. The van der Waals surface area contributed by atoms with Gasteiger partial charge in [-0.2, -0.15) is 13.2 Å². The molecule has 0 aliphatic heterocycles. The van der Waals surface area contributed by atoms with Gasteiger partial charge in [0.15, 0.2) is 0 Å². The van der Waals surface area contributed by atoms with Crippen LogP contribution in [0.5, 0.6) is 0 Å². The Morgan fingerprint density at radius 2 is 1.59 bits per heavy atom. The van der Waals surface area contributed by atoms with Crippen molar-refractivity contribution in [3.63, 3.8) is 0 Å². The molecule has 0 aliphatic rings. The minimum atomic E-state index is -4.71. The van der Waals surface area contributed by atoms with Gasteiger partial charge < -0.3 is 5.32 Å². The Morgan fingerprint density at radius 1 is 1.00 bits per heavy atom. The van der Waals surface area contributed by atoms with Crippen molar-refractivity contribution in [2.45, 2.75) is 6.18 Å². The van der Waals surface area contributed by atoms with Gasteiger partial charge in [-0.3, -0.25) is 10.1 Å². The quantitative estimate of drug-likeness (QED) is 0.510. The number of hydrogen-bond acceptors (Lipinski definition) is 3. The fourth-order valence-corrected chi connectivity index (χ4v) is 1.75. The number of rotatable bonds is 3. The maximum atomic E-state index is 13.1. The number of nitro groups is 1. The van der Waals surface area contributed by atoms with Crippen LogP contribution in [0.15, 0.2) is 36.4 Å². The molecule has 1 N–H and O–H groups in total. The van der Waals surface area contributed by atoms with Gasteiger partial charge in [0, 0.05) is 17.8 Å². The van der Waals surface area contributed by atoms with Crippen molar-refractivity contribution in [2.24, 2.45) is 0 Å². The van der Waals surface area contributed by atoms with Gasteiger partial charge in [0.1, 0.15) is 17.3 Å². The molecule has 0 fully saturated rings. The van der Waals surface area contributed by atoms with E-state index in [9.17, 15) is 32.1 Å². The number of alkyl halides is 3. The molecule has 4 nitrogen and oxygen atoms in total. The molecule has 0 unspecified atom stereocenters. The average molecular weight is 318 g/mol. The summed E-state index contributed by atoms with van der Waals surface area (Å²) < 4.78 is 64.1. The molecule has 22 heavy (non-hydrogen) atoms. The summed E-state index contributed by atoms with van der Waals surface area (Å²) in [5.74, 6) is -1.95. The van der Waals surface area contributed by atoms with E-state index in [4.69, 9.17) is 0 Å². The van der Waals surface area contributed by atoms with Crippen molar-refractivity contribution in [1.29, 1.82) is 0 Å². The second-order valence-corrected chi connectivity index (χ2v) is 4.27. The number of anilines is 2. The first-order valence-electron chi connectivity index (χ1n) is 5.75. The van der Waals surface area contributed by atoms with Gasteiger partial charge in [0.25, 0.3) is 5.69 Å². The number of nitro benzene ring substituents is 1. The summed E-state index contributed by atoms with van der Waals surface area (Å²) >= 11 is 0. The van der Waals surface area contributed by atoms with Crippen LogP contribution in [0.3, 0.4) is 0 Å². The first kappa shape index (κ1) is 15.7. The SMILES string of the molecule is O=[N+]([O-])c1ccc(C(F)(F)F)cc1Nc1cc(F)cc(F)c1. The highest BCUT2D eigenvalue weighted by Gasteiger charge is 2.32. The Kier molecular flexibility index (Phi) is 3.98. The van der Waals surface area contributed by atoms with Gasteiger partial charge >= 0.3 is 6.18 Å². The topological polar surface area (TPSA) is 55.2 Å². The van der Waals surface area contributed by atoms with Crippen LogP contribution in [0, 0.1) is 21.7 Å². The molecule has 0 aliphatic carbocycles. The van der Waals surface area contributed by atoms with Crippen LogP contribution < -0.4 is 5.32 Å². The molecule has 0 radical (unpaired) electrons. The molecule has 0 saturated heterocycles. The molecule has 0 aromatic heterocycles. The third kappa shape index (κ3) is 3.48. The third-order valence-corrected chi connectivity index (χ3v) is 2.66. The zero-order valence-electron chi connectivity index (χ0n) is 10.6. The first-order valence-corrected chi connectivity index (χ1v) is 5.75. The smallest absolute Gasteiger partial charge is 0.350 e. The molecule has 9 heteroatoms. The van der Waals surface area contributed by atoms with Gasteiger partial charge in [0.2, 0.25) is 0 Å². The van der Waals surface area contributed by atoms with E-state index < -0.39 is 39.7 Å². The largest absolute Gasteiger partial charge is 0.416 e. The molecule has 0 heterocycles. The van der Waals surface area contributed by atoms with Crippen LogP contribution in [-0.2, 0) is 6.18 Å². The zero-order valence-corrected chi connectivity index (χ0v) is 10.6. The van der Waals surface area contributed by atoms with Crippen molar-refractivity contribution in [3.8, 4) is 0 Å². The molecule has 116 valence electrons. The molecule has 0 amide bonds. The standard InChI is InChI=1S/C13H7F5N2O2/c14-8-4-9(15)6-10(5-8)19-11-3-7(13(16,17)18)1-2-12(11)20(21)22/h1-6,19H. The predicted octanol–water partition coefficient (Wildman–Crippen LogP) is 4.64. The normalized spacial score (nSPS) is 11.3. The summed E-state index contributed by atoms with van der Waals surface area (Å²) in [5.41, 5.74) is -2.56. The van der Waals surface area contributed by atoms with Gasteiger partial charge in [-0.25, -0.2) is 8.78 Å². The van der Waals surface area contributed by atoms with Gasteiger partial charge in [-0.1, -0.05) is 0 Å². The van der Waals surface area contributed by atoms with E-state index in [1.165, 1.54) is 0 Å². The van der Waals surface area contributed by atoms with Crippen molar-refractivity contribution in [3.05, 3.63) is 63.7 Å². The van der Waals surface area contributed by atoms with E-state index in [1.54, 1.807) is 0 Å². The number of benzene rings is 2. The lowest BCUT2D eigenvalue weighted by atomic mass is 10.1. The molecule has 2 rings (SSSR count). The Balaban J connectivity index is 2.49. The maximum absolute atomic E-state index is 13.1. The summed E-state index contributed by atoms with van der Waals surface area (Å²) in [6.45, 7) is 0. The lowest BCUT2D eigenvalue weighted by molar-refractivity contribution is -0.384. The van der Waals surface area contributed by atoms with Gasteiger partial charge in [-0.05, 0) is 24.3 Å². The van der Waals surface area contributed by atoms with Gasteiger partial charge in [0.05, 0.1) is 10.5 Å². The van der Waals surface area contributed by atoms with E-state index in [0.717, 1.165) is 12.1 Å². The fourth-order valence-electron chi connectivity index (χ4n) is 1.75. The average Bonchev–Trinajstić information content (AvgIpc) is 2.35. The Hall–Kier alpha value is -2.71. The molecule has 2 aromatic rings. The lowest BCUT2D eigenvalue weighted by Crippen LogP contribution is -2.07. The summed E-state index contributed by atoms with van der Waals surface area (Å²) in [6, 6.07) is 3.88. The van der Waals surface area contributed by atoms with Crippen molar-refractivity contribution >= 4 is 17.1 Å². The van der Waals surface area contributed by atoms with E-state index in [1.807, 2.05) is 0 Å². The van der Waals surface area contributed by atoms with E-state index in [-0.39, 0.29) is 5.69 Å². The minimum absolute atomic E-state index is 0.250. The summed E-state index contributed by atoms with van der Waals surface area (Å²) in [7, 11) is 0. The minimum Gasteiger partial charge on any atom is -0.350 e. The molecule has 0 saturated carbocycles. The summed E-state index contributed by atoms with van der Waals surface area (Å²) in [4.78, 5) is 9.94. The zero-order chi connectivity index (χ0) is 16.5. The fraction of sp³-hybridized carbons (Fsp3) is 0.0769. The Labute approximate surface area is 120 Å². The number of halogens is 5. The van der Waals surface area contributed by atoms with Crippen LogP contribution in [0.1, 0.15) is 5.56 Å². The van der Waals surface area contributed by atoms with Crippen LogP contribution in [-0.4, -0.2) is 4.92 Å². The van der Waals surface area contributed by atoms with Crippen molar-refractivity contribution in [1.82, 2.24) is 0 Å². The van der Waals surface area contributed by atoms with E-state index in [0.29, 0.717) is 24.3 Å². The molecule has 0 spiro atoms.